The van der Waals surface area contributed by atoms with Gasteiger partial charge in [0.05, 0.1) is 6.04 Å². The number of hydrogen-bond donors (Lipinski definition) is 1. The van der Waals surface area contributed by atoms with Crippen LogP contribution in [0.5, 0.6) is 0 Å². The van der Waals surface area contributed by atoms with Crippen molar-refractivity contribution in [3.05, 3.63) is 59.2 Å². The van der Waals surface area contributed by atoms with Crippen LogP contribution in [0.4, 0.5) is 11.4 Å². The van der Waals surface area contributed by atoms with E-state index in [1.165, 1.54) is 22.4 Å². The van der Waals surface area contributed by atoms with Gasteiger partial charge in [-0.1, -0.05) is 30.3 Å². The molecule has 1 aliphatic heterocycles. The number of fused-ring (bicyclic) bond motifs is 1. The van der Waals surface area contributed by atoms with E-state index in [1.54, 1.807) is 6.92 Å². The van der Waals surface area contributed by atoms with Crippen molar-refractivity contribution < 1.29 is 4.79 Å². The first-order valence-corrected chi connectivity index (χ1v) is 8.20. The number of carbonyl (C=O) groups is 1. The molecule has 23 heavy (non-hydrogen) atoms. The molecule has 1 amide bonds. The minimum absolute atomic E-state index is 0.107. The van der Waals surface area contributed by atoms with Crippen LogP contribution in [0.2, 0.25) is 0 Å². The summed E-state index contributed by atoms with van der Waals surface area (Å²) in [5.74, 6) is 0.107. The third-order valence-corrected chi connectivity index (χ3v) is 4.65. The summed E-state index contributed by atoms with van der Waals surface area (Å²) in [7, 11) is 0. The maximum absolute atomic E-state index is 12.0. The molecular formula is C20H24N2O. The zero-order valence-electron chi connectivity index (χ0n) is 14.3. The predicted molar refractivity (Wildman–Crippen MR) is 96.0 cm³/mol. The number of anilines is 2. The van der Waals surface area contributed by atoms with Gasteiger partial charge in [0.1, 0.15) is 0 Å². The molecule has 3 heteroatoms. The fourth-order valence-electron chi connectivity index (χ4n) is 3.51. The van der Waals surface area contributed by atoms with E-state index in [9.17, 15) is 4.79 Å². The maximum Gasteiger partial charge on any atom is 0.224 e. The number of hydrogen-bond acceptors (Lipinski definition) is 2. The lowest BCUT2D eigenvalue weighted by molar-refractivity contribution is -0.117. The van der Waals surface area contributed by atoms with Crippen LogP contribution in [-0.4, -0.2) is 11.9 Å². The van der Waals surface area contributed by atoms with E-state index in [-0.39, 0.29) is 18.0 Å². The van der Waals surface area contributed by atoms with Crippen LogP contribution in [0.3, 0.4) is 0 Å². The largest absolute Gasteiger partial charge is 0.378 e. The van der Waals surface area contributed by atoms with Crippen molar-refractivity contribution in [2.45, 2.75) is 46.2 Å². The summed E-state index contributed by atoms with van der Waals surface area (Å²) < 4.78 is 0. The van der Waals surface area contributed by atoms with Gasteiger partial charge in [0, 0.05) is 24.3 Å². The molecule has 1 N–H and O–H groups in total. The normalized spacial score (nSPS) is 20.1. The molecular weight excluding hydrogens is 284 g/mol. The molecule has 0 bridgehead atoms. The van der Waals surface area contributed by atoms with Gasteiger partial charge in [-0.05, 0) is 56.0 Å². The molecule has 3 nitrogen and oxygen atoms in total. The van der Waals surface area contributed by atoms with Crippen LogP contribution in [0.15, 0.2) is 42.5 Å². The van der Waals surface area contributed by atoms with Gasteiger partial charge >= 0.3 is 0 Å². The van der Waals surface area contributed by atoms with Gasteiger partial charge in [-0.2, -0.15) is 0 Å². The van der Waals surface area contributed by atoms with E-state index in [0.29, 0.717) is 0 Å². The zero-order valence-corrected chi connectivity index (χ0v) is 14.3. The van der Waals surface area contributed by atoms with Crippen molar-refractivity contribution in [3.8, 4) is 0 Å². The van der Waals surface area contributed by atoms with Crippen molar-refractivity contribution in [2.75, 3.05) is 10.2 Å². The zero-order chi connectivity index (χ0) is 16.6. The Morgan fingerprint density at radius 2 is 1.91 bits per heavy atom. The summed E-state index contributed by atoms with van der Waals surface area (Å²) >= 11 is 0. The Kier molecular flexibility index (Phi) is 4.12. The standard InChI is InChI=1S/C20H24N2O/c1-13-9-10-14(2)18(11-13)21-19-12-15(3)22(16(4)23)20-8-6-5-7-17(19)20/h5-11,15,19,21H,12H2,1-4H3. The first-order chi connectivity index (χ1) is 11.0. The van der Waals surface area contributed by atoms with Crippen LogP contribution < -0.4 is 10.2 Å². The highest BCUT2D eigenvalue weighted by Crippen LogP contribution is 2.39. The van der Waals surface area contributed by atoms with Gasteiger partial charge in [0.15, 0.2) is 0 Å². The van der Waals surface area contributed by atoms with E-state index < -0.39 is 0 Å². The monoisotopic (exact) mass is 308 g/mol. The number of nitrogens with one attached hydrogen (secondary N) is 1. The molecule has 2 atom stereocenters. The Labute approximate surface area is 138 Å². The van der Waals surface area contributed by atoms with E-state index in [4.69, 9.17) is 0 Å². The molecule has 0 spiro atoms. The lowest BCUT2D eigenvalue weighted by Gasteiger charge is -2.39. The molecule has 0 aromatic heterocycles. The minimum atomic E-state index is 0.107. The molecule has 0 saturated carbocycles. The molecule has 1 heterocycles. The van der Waals surface area contributed by atoms with Crippen LogP contribution in [0.1, 0.15) is 43.0 Å². The summed E-state index contributed by atoms with van der Waals surface area (Å²) in [6, 6.07) is 15.1. The molecule has 0 fully saturated rings. The smallest absolute Gasteiger partial charge is 0.224 e. The van der Waals surface area contributed by atoms with Gasteiger partial charge in [-0.3, -0.25) is 4.79 Å². The number of aryl methyl sites for hydroxylation is 2. The second kappa shape index (κ2) is 6.07. The average molecular weight is 308 g/mol. The SMILES string of the molecule is CC(=O)N1c2ccccc2C(Nc2cc(C)ccc2C)CC1C. The Bertz CT molecular complexity index is 738. The molecule has 1 aliphatic rings. The second-order valence-electron chi connectivity index (χ2n) is 6.55. The Balaban J connectivity index is 1.99. The number of nitrogens with zero attached hydrogens (tertiary/aromatic N) is 1. The Hall–Kier alpha value is -2.29. The quantitative estimate of drug-likeness (QED) is 0.879. The van der Waals surface area contributed by atoms with Crippen LogP contribution >= 0.6 is 0 Å². The molecule has 3 rings (SSSR count). The van der Waals surface area contributed by atoms with Gasteiger partial charge in [-0.15, -0.1) is 0 Å². The third-order valence-electron chi connectivity index (χ3n) is 4.65. The topological polar surface area (TPSA) is 32.3 Å². The maximum atomic E-state index is 12.0. The van der Waals surface area contributed by atoms with Crippen LogP contribution in [0.25, 0.3) is 0 Å². The first-order valence-electron chi connectivity index (χ1n) is 8.20. The highest BCUT2D eigenvalue weighted by Gasteiger charge is 2.32. The van der Waals surface area contributed by atoms with Crippen molar-refractivity contribution in [2.24, 2.45) is 0 Å². The fraction of sp³-hybridized carbons (Fsp3) is 0.350. The van der Waals surface area contributed by atoms with Crippen LogP contribution in [0, 0.1) is 13.8 Å². The lowest BCUT2D eigenvalue weighted by Crippen LogP contribution is -2.43. The molecule has 2 aromatic rings. The molecule has 0 aliphatic carbocycles. The average Bonchev–Trinajstić information content (AvgIpc) is 2.50. The molecule has 0 radical (unpaired) electrons. The van der Waals surface area contributed by atoms with Crippen molar-refractivity contribution >= 4 is 17.3 Å². The highest BCUT2D eigenvalue weighted by atomic mass is 16.2. The van der Waals surface area contributed by atoms with Gasteiger partial charge < -0.3 is 10.2 Å². The Morgan fingerprint density at radius 1 is 1.17 bits per heavy atom. The number of carbonyl (C=O) groups excluding carboxylic acids is 1. The van der Waals surface area contributed by atoms with E-state index in [2.05, 4.69) is 50.4 Å². The molecule has 0 saturated heterocycles. The number of para-hydroxylation sites is 1. The number of benzene rings is 2. The molecule has 2 unspecified atom stereocenters. The highest BCUT2D eigenvalue weighted by molar-refractivity contribution is 5.93. The first kappa shape index (κ1) is 15.6. The summed E-state index contributed by atoms with van der Waals surface area (Å²) in [4.78, 5) is 14.0. The van der Waals surface area contributed by atoms with Crippen molar-refractivity contribution in [1.29, 1.82) is 0 Å². The molecule has 2 aromatic carbocycles. The molecule has 120 valence electrons. The summed E-state index contributed by atoms with van der Waals surface area (Å²) in [6.07, 6.45) is 0.907. The lowest BCUT2D eigenvalue weighted by atomic mass is 9.91. The Morgan fingerprint density at radius 3 is 2.65 bits per heavy atom. The van der Waals surface area contributed by atoms with Gasteiger partial charge in [0.25, 0.3) is 0 Å². The van der Waals surface area contributed by atoms with Crippen molar-refractivity contribution in [3.63, 3.8) is 0 Å². The van der Waals surface area contributed by atoms with Gasteiger partial charge in [-0.25, -0.2) is 0 Å². The summed E-state index contributed by atoms with van der Waals surface area (Å²) in [5.41, 5.74) is 5.90. The minimum Gasteiger partial charge on any atom is -0.378 e. The summed E-state index contributed by atoms with van der Waals surface area (Å²) in [5, 5.41) is 3.70. The van der Waals surface area contributed by atoms with E-state index in [0.717, 1.165) is 12.1 Å². The van der Waals surface area contributed by atoms with Crippen LogP contribution in [-0.2, 0) is 4.79 Å². The van der Waals surface area contributed by atoms with Gasteiger partial charge in [0.2, 0.25) is 5.91 Å². The third kappa shape index (κ3) is 2.96. The van der Waals surface area contributed by atoms with Crippen molar-refractivity contribution in [1.82, 2.24) is 0 Å². The summed E-state index contributed by atoms with van der Waals surface area (Å²) in [6.45, 7) is 8.00. The number of amides is 1. The predicted octanol–water partition coefficient (Wildman–Crippen LogP) is 4.60. The number of rotatable bonds is 2. The van der Waals surface area contributed by atoms with E-state index >= 15 is 0 Å². The fourth-order valence-corrected chi connectivity index (χ4v) is 3.51. The second-order valence-corrected chi connectivity index (χ2v) is 6.55. The van der Waals surface area contributed by atoms with E-state index in [1.807, 2.05) is 23.1 Å².